The Hall–Kier alpha value is -2.13. The third kappa shape index (κ3) is 1.59. The SMILES string of the molecule is NC1CCc2cc(-c3cccc4nccn34)ccc21. The van der Waals surface area contributed by atoms with Crippen LogP contribution in [0.1, 0.15) is 23.6 Å². The van der Waals surface area contributed by atoms with Crippen molar-refractivity contribution in [1.29, 1.82) is 0 Å². The Morgan fingerprint density at radius 3 is 3.11 bits per heavy atom. The number of nitrogens with two attached hydrogens (primary N) is 1. The van der Waals surface area contributed by atoms with Gasteiger partial charge in [-0.05, 0) is 47.7 Å². The van der Waals surface area contributed by atoms with Crippen molar-refractivity contribution in [2.75, 3.05) is 0 Å². The van der Waals surface area contributed by atoms with Crippen molar-refractivity contribution < 1.29 is 0 Å². The average molecular weight is 249 g/mol. The monoisotopic (exact) mass is 249 g/mol. The Bertz CT molecular complexity index is 758. The molecule has 0 amide bonds. The fraction of sp³-hybridized carbons (Fsp3) is 0.188. The molecule has 19 heavy (non-hydrogen) atoms. The van der Waals surface area contributed by atoms with Crippen LogP contribution in [-0.4, -0.2) is 9.38 Å². The topological polar surface area (TPSA) is 43.3 Å². The Labute approximate surface area is 111 Å². The quantitative estimate of drug-likeness (QED) is 0.720. The van der Waals surface area contributed by atoms with Crippen LogP contribution in [0.4, 0.5) is 0 Å². The standard InChI is InChI=1S/C16H15N3/c17-14-7-5-11-10-12(4-6-13(11)14)15-2-1-3-16-18-8-9-19(15)16/h1-4,6,8-10,14H,5,7,17H2. The highest BCUT2D eigenvalue weighted by molar-refractivity contribution is 5.65. The number of fused-ring (bicyclic) bond motifs is 2. The number of aryl methyl sites for hydroxylation is 1. The van der Waals surface area contributed by atoms with Gasteiger partial charge in [0.15, 0.2) is 0 Å². The largest absolute Gasteiger partial charge is 0.324 e. The van der Waals surface area contributed by atoms with Crippen LogP contribution in [0.25, 0.3) is 16.9 Å². The van der Waals surface area contributed by atoms with Gasteiger partial charge in [0.05, 0.1) is 5.69 Å². The van der Waals surface area contributed by atoms with Crippen LogP contribution in [0.2, 0.25) is 0 Å². The van der Waals surface area contributed by atoms with Gasteiger partial charge in [0, 0.05) is 18.4 Å². The molecular weight excluding hydrogens is 234 g/mol. The molecule has 4 rings (SSSR count). The van der Waals surface area contributed by atoms with E-state index in [1.807, 2.05) is 18.5 Å². The van der Waals surface area contributed by atoms with Gasteiger partial charge in [0.2, 0.25) is 0 Å². The number of hydrogen-bond donors (Lipinski definition) is 1. The molecule has 0 aliphatic heterocycles. The zero-order chi connectivity index (χ0) is 12.8. The maximum atomic E-state index is 6.09. The summed E-state index contributed by atoms with van der Waals surface area (Å²) >= 11 is 0. The molecule has 3 heteroatoms. The van der Waals surface area contributed by atoms with E-state index in [1.54, 1.807) is 0 Å². The van der Waals surface area contributed by atoms with E-state index in [9.17, 15) is 0 Å². The summed E-state index contributed by atoms with van der Waals surface area (Å²) < 4.78 is 2.12. The van der Waals surface area contributed by atoms with E-state index in [0.29, 0.717) is 0 Å². The lowest BCUT2D eigenvalue weighted by atomic mass is 10.0. The number of nitrogens with zero attached hydrogens (tertiary/aromatic N) is 2. The van der Waals surface area contributed by atoms with Crippen LogP contribution in [0, 0.1) is 0 Å². The van der Waals surface area contributed by atoms with Crippen molar-refractivity contribution in [2.45, 2.75) is 18.9 Å². The van der Waals surface area contributed by atoms with Gasteiger partial charge in [-0.1, -0.05) is 18.2 Å². The second kappa shape index (κ2) is 3.93. The second-order valence-corrected chi connectivity index (χ2v) is 5.13. The lowest BCUT2D eigenvalue weighted by Gasteiger charge is -2.09. The number of imidazole rings is 1. The van der Waals surface area contributed by atoms with E-state index in [1.165, 1.54) is 22.4 Å². The van der Waals surface area contributed by atoms with E-state index in [0.717, 1.165) is 18.5 Å². The number of pyridine rings is 1. The minimum absolute atomic E-state index is 0.216. The minimum Gasteiger partial charge on any atom is -0.324 e. The predicted octanol–water partition coefficient (Wildman–Crippen LogP) is 2.95. The zero-order valence-corrected chi connectivity index (χ0v) is 10.6. The lowest BCUT2D eigenvalue weighted by Crippen LogP contribution is -2.04. The maximum Gasteiger partial charge on any atom is 0.137 e. The smallest absolute Gasteiger partial charge is 0.137 e. The van der Waals surface area contributed by atoms with Crippen LogP contribution in [0.5, 0.6) is 0 Å². The van der Waals surface area contributed by atoms with Crippen molar-refractivity contribution in [3.8, 4) is 11.3 Å². The number of benzene rings is 1. The summed E-state index contributed by atoms with van der Waals surface area (Å²) in [7, 11) is 0. The number of rotatable bonds is 1. The summed E-state index contributed by atoms with van der Waals surface area (Å²) in [6.07, 6.45) is 5.99. The van der Waals surface area contributed by atoms with Crippen molar-refractivity contribution in [1.82, 2.24) is 9.38 Å². The Balaban J connectivity index is 1.91. The van der Waals surface area contributed by atoms with Crippen LogP contribution < -0.4 is 5.73 Å². The summed E-state index contributed by atoms with van der Waals surface area (Å²) in [5.41, 5.74) is 12.2. The fourth-order valence-corrected chi connectivity index (χ4v) is 2.99. The van der Waals surface area contributed by atoms with E-state index in [4.69, 9.17) is 5.73 Å². The summed E-state index contributed by atoms with van der Waals surface area (Å²) in [5.74, 6) is 0. The molecule has 3 nitrogen and oxygen atoms in total. The van der Waals surface area contributed by atoms with Gasteiger partial charge < -0.3 is 5.73 Å². The van der Waals surface area contributed by atoms with Crippen molar-refractivity contribution >= 4 is 5.65 Å². The first-order valence-electron chi connectivity index (χ1n) is 6.64. The predicted molar refractivity (Wildman–Crippen MR) is 75.9 cm³/mol. The molecule has 2 aromatic heterocycles. The van der Waals surface area contributed by atoms with Crippen molar-refractivity contribution in [3.63, 3.8) is 0 Å². The molecule has 0 saturated heterocycles. The molecule has 0 saturated carbocycles. The maximum absolute atomic E-state index is 6.09. The Morgan fingerprint density at radius 2 is 2.16 bits per heavy atom. The third-order valence-electron chi connectivity index (χ3n) is 3.99. The first kappa shape index (κ1) is 10.8. The summed E-state index contributed by atoms with van der Waals surface area (Å²) in [5, 5.41) is 0. The molecule has 1 aromatic carbocycles. The van der Waals surface area contributed by atoms with E-state index in [-0.39, 0.29) is 6.04 Å². The van der Waals surface area contributed by atoms with E-state index < -0.39 is 0 Å². The molecule has 1 aliphatic rings. The molecule has 2 heterocycles. The van der Waals surface area contributed by atoms with Crippen LogP contribution in [-0.2, 0) is 6.42 Å². The highest BCUT2D eigenvalue weighted by atomic mass is 15.0. The molecule has 3 aromatic rings. The molecule has 1 atom stereocenters. The van der Waals surface area contributed by atoms with Gasteiger partial charge in [-0.15, -0.1) is 0 Å². The molecule has 2 N–H and O–H groups in total. The minimum atomic E-state index is 0.216. The van der Waals surface area contributed by atoms with Gasteiger partial charge in [0.1, 0.15) is 5.65 Å². The van der Waals surface area contributed by atoms with Gasteiger partial charge >= 0.3 is 0 Å². The molecule has 1 unspecified atom stereocenters. The normalized spacial score (nSPS) is 17.8. The Kier molecular flexibility index (Phi) is 2.23. The molecule has 0 spiro atoms. The molecule has 1 aliphatic carbocycles. The van der Waals surface area contributed by atoms with Gasteiger partial charge in [0.25, 0.3) is 0 Å². The van der Waals surface area contributed by atoms with Gasteiger partial charge in [-0.25, -0.2) is 4.98 Å². The molecule has 0 fully saturated rings. The molecule has 94 valence electrons. The van der Waals surface area contributed by atoms with Crippen LogP contribution >= 0.6 is 0 Å². The highest BCUT2D eigenvalue weighted by Gasteiger charge is 2.19. The average Bonchev–Trinajstić information content (AvgIpc) is 3.05. The van der Waals surface area contributed by atoms with Crippen LogP contribution in [0.15, 0.2) is 48.8 Å². The molecule has 0 bridgehead atoms. The third-order valence-corrected chi connectivity index (χ3v) is 3.99. The van der Waals surface area contributed by atoms with E-state index in [2.05, 4.69) is 39.7 Å². The number of hydrogen-bond acceptors (Lipinski definition) is 2. The molecular formula is C16H15N3. The molecule has 0 radical (unpaired) electrons. The van der Waals surface area contributed by atoms with Gasteiger partial charge in [-0.3, -0.25) is 4.40 Å². The van der Waals surface area contributed by atoms with Crippen LogP contribution in [0.3, 0.4) is 0 Å². The first-order valence-corrected chi connectivity index (χ1v) is 6.64. The van der Waals surface area contributed by atoms with Crippen molar-refractivity contribution in [2.24, 2.45) is 5.73 Å². The van der Waals surface area contributed by atoms with Crippen molar-refractivity contribution in [3.05, 3.63) is 59.9 Å². The first-order chi connectivity index (χ1) is 9.33. The Morgan fingerprint density at radius 1 is 1.21 bits per heavy atom. The summed E-state index contributed by atoms with van der Waals surface area (Å²) in [6, 6.07) is 13.0. The van der Waals surface area contributed by atoms with E-state index >= 15 is 0 Å². The fourth-order valence-electron chi connectivity index (χ4n) is 2.99. The zero-order valence-electron chi connectivity index (χ0n) is 10.6. The second-order valence-electron chi connectivity index (χ2n) is 5.13. The highest BCUT2D eigenvalue weighted by Crippen LogP contribution is 2.32. The van der Waals surface area contributed by atoms with Gasteiger partial charge in [-0.2, -0.15) is 0 Å². The summed E-state index contributed by atoms with van der Waals surface area (Å²) in [6.45, 7) is 0. The lowest BCUT2D eigenvalue weighted by molar-refractivity contribution is 0.713. The summed E-state index contributed by atoms with van der Waals surface area (Å²) in [4.78, 5) is 4.33. The number of aromatic nitrogens is 2.